The van der Waals surface area contributed by atoms with Gasteiger partial charge in [-0.15, -0.1) is 0 Å². The largest absolute Gasteiger partial charge is 0.481 e. The van der Waals surface area contributed by atoms with Crippen LogP contribution in [0.2, 0.25) is 0 Å². The van der Waals surface area contributed by atoms with Crippen molar-refractivity contribution < 1.29 is 19.1 Å². The van der Waals surface area contributed by atoms with E-state index in [4.69, 9.17) is 9.52 Å². The van der Waals surface area contributed by atoms with Gasteiger partial charge in [-0.25, -0.2) is 4.79 Å². The fourth-order valence-electron chi connectivity index (χ4n) is 2.18. The van der Waals surface area contributed by atoms with E-state index in [1.807, 2.05) is 0 Å². The van der Waals surface area contributed by atoms with Crippen LogP contribution in [0, 0.1) is 5.41 Å². The van der Waals surface area contributed by atoms with Gasteiger partial charge in [-0.2, -0.15) is 0 Å². The fraction of sp³-hybridized carbons (Fsp3) is 0.538. The van der Waals surface area contributed by atoms with Gasteiger partial charge in [0.05, 0.1) is 24.5 Å². The number of rotatable bonds is 5. The van der Waals surface area contributed by atoms with Gasteiger partial charge in [-0.1, -0.05) is 6.42 Å². The molecule has 1 aliphatic rings. The van der Waals surface area contributed by atoms with Gasteiger partial charge in [-0.3, -0.25) is 4.79 Å². The minimum absolute atomic E-state index is 0.191. The van der Waals surface area contributed by atoms with E-state index < -0.39 is 11.4 Å². The first kappa shape index (κ1) is 13.5. The molecule has 1 heterocycles. The van der Waals surface area contributed by atoms with Crippen LogP contribution in [-0.4, -0.2) is 35.6 Å². The highest BCUT2D eigenvalue weighted by atomic mass is 16.4. The van der Waals surface area contributed by atoms with Crippen molar-refractivity contribution in [1.29, 1.82) is 0 Å². The van der Waals surface area contributed by atoms with Gasteiger partial charge in [0.25, 0.3) is 0 Å². The Morgan fingerprint density at radius 1 is 1.53 bits per heavy atom. The molecule has 0 saturated heterocycles. The Bertz CT molecular complexity index is 451. The lowest BCUT2D eigenvalue weighted by atomic mass is 9.69. The molecule has 0 atom stereocenters. The van der Waals surface area contributed by atoms with Crippen molar-refractivity contribution in [1.82, 2.24) is 10.2 Å². The SMILES string of the molecule is CN(Cc1ccoc1)C(=O)NCC1(C(=O)O)CCC1. The van der Waals surface area contributed by atoms with Crippen LogP contribution in [0.1, 0.15) is 24.8 Å². The zero-order valence-corrected chi connectivity index (χ0v) is 10.9. The minimum atomic E-state index is -0.823. The zero-order chi connectivity index (χ0) is 13.9. The summed E-state index contributed by atoms with van der Waals surface area (Å²) in [5.41, 5.74) is 0.140. The molecule has 0 radical (unpaired) electrons. The fourth-order valence-corrected chi connectivity index (χ4v) is 2.18. The van der Waals surface area contributed by atoms with Crippen LogP contribution in [0.3, 0.4) is 0 Å². The number of aliphatic carboxylic acids is 1. The smallest absolute Gasteiger partial charge is 0.317 e. The van der Waals surface area contributed by atoms with Crippen LogP contribution < -0.4 is 5.32 Å². The molecule has 1 aliphatic carbocycles. The molecule has 0 aliphatic heterocycles. The van der Waals surface area contributed by atoms with E-state index in [-0.39, 0.29) is 12.6 Å². The number of nitrogens with zero attached hydrogens (tertiary/aromatic N) is 1. The summed E-state index contributed by atoms with van der Waals surface area (Å²) >= 11 is 0. The highest BCUT2D eigenvalue weighted by Crippen LogP contribution is 2.40. The molecular formula is C13H18N2O4. The predicted octanol–water partition coefficient (Wildman–Crippen LogP) is 1.68. The average molecular weight is 266 g/mol. The maximum absolute atomic E-state index is 11.9. The van der Waals surface area contributed by atoms with Crippen molar-refractivity contribution in [2.45, 2.75) is 25.8 Å². The second-order valence-corrected chi connectivity index (χ2v) is 5.09. The van der Waals surface area contributed by atoms with E-state index in [1.165, 1.54) is 4.90 Å². The van der Waals surface area contributed by atoms with Gasteiger partial charge in [0.15, 0.2) is 0 Å². The molecular weight excluding hydrogens is 248 g/mol. The summed E-state index contributed by atoms with van der Waals surface area (Å²) in [7, 11) is 1.66. The Hall–Kier alpha value is -1.98. The molecule has 0 bridgehead atoms. The van der Waals surface area contributed by atoms with Gasteiger partial charge < -0.3 is 19.7 Å². The molecule has 6 nitrogen and oxygen atoms in total. The number of carboxylic acids is 1. The van der Waals surface area contributed by atoms with Crippen molar-refractivity contribution in [3.63, 3.8) is 0 Å². The predicted molar refractivity (Wildman–Crippen MR) is 67.5 cm³/mol. The summed E-state index contributed by atoms with van der Waals surface area (Å²) in [6, 6.07) is 1.52. The Balaban J connectivity index is 1.82. The summed E-state index contributed by atoms with van der Waals surface area (Å²) in [5.74, 6) is -0.823. The molecule has 6 heteroatoms. The van der Waals surface area contributed by atoms with E-state index >= 15 is 0 Å². The Morgan fingerprint density at radius 3 is 2.74 bits per heavy atom. The lowest BCUT2D eigenvalue weighted by Crippen LogP contribution is -2.49. The van der Waals surface area contributed by atoms with Crippen LogP contribution in [0.4, 0.5) is 4.79 Å². The molecule has 0 spiro atoms. The molecule has 0 unspecified atom stereocenters. The van der Waals surface area contributed by atoms with E-state index in [2.05, 4.69) is 5.32 Å². The molecule has 1 saturated carbocycles. The van der Waals surface area contributed by atoms with Crippen molar-refractivity contribution >= 4 is 12.0 Å². The monoisotopic (exact) mass is 266 g/mol. The molecule has 2 amide bonds. The first-order chi connectivity index (χ1) is 9.03. The molecule has 1 aromatic heterocycles. The van der Waals surface area contributed by atoms with Gasteiger partial charge in [0, 0.05) is 19.2 Å². The molecule has 1 aromatic rings. The van der Waals surface area contributed by atoms with E-state index in [1.54, 1.807) is 25.6 Å². The molecule has 2 N–H and O–H groups in total. The van der Waals surface area contributed by atoms with Crippen LogP contribution in [0.5, 0.6) is 0 Å². The molecule has 2 rings (SSSR count). The summed E-state index contributed by atoms with van der Waals surface area (Å²) < 4.78 is 4.93. The van der Waals surface area contributed by atoms with E-state index in [0.717, 1.165) is 12.0 Å². The van der Waals surface area contributed by atoms with Crippen LogP contribution in [0.15, 0.2) is 23.0 Å². The summed E-state index contributed by atoms with van der Waals surface area (Å²) in [4.78, 5) is 24.5. The zero-order valence-electron chi connectivity index (χ0n) is 10.9. The second kappa shape index (κ2) is 5.34. The van der Waals surface area contributed by atoms with Gasteiger partial charge in [-0.05, 0) is 18.9 Å². The van der Waals surface area contributed by atoms with Crippen molar-refractivity contribution in [2.75, 3.05) is 13.6 Å². The first-order valence-corrected chi connectivity index (χ1v) is 6.27. The lowest BCUT2D eigenvalue weighted by Gasteiger charge is -2.37. The number of carbonyl (C=O) groups is 2. The standard InChI is InChI=1S/C13H18N2O4/c1-15(7-10-3-6-19-8-10)12(18)14-9-13(11(16)17)4-2-5-13/h3,6,8H,2,4-5,7,9H2,1H3,(H,14,18)(H,16,17). The molecule has 19 heavy (non-hydrogen) atoms. The molecule has 104 valence electrons. The number of amides is 2. The number of furan rings is 1. The third-order valence-electron chi connectivity index (χ3n) is 3.69. The third-order valence-corrected chi connectivity index (χ3v) is 3.69. The summed E-state index contributed by atoms with van der Waals surface area (Å²) in [6.45, 7) is 0.624. The Labute approximate surface area is 111 Å². The van der Waals surface area contributed by atoms with Crippen molar-refractivity contribution in [2.24, 2.45) is 5.41 Å². The molecule has 0 aromatic carbocycles. The van der Waals surface area contributed by atoms with E-state index in [0.29, 0.717) is 19.4 Å². The van der Waals surface area contributed by atoms with Crippen molar-refractivity contribution in [3.05, 3.63) is 24.2 Å². The quantitative estimate of drug-likeness (QED) is 0.849. The third kappa shape index (κ3) is 2.89. The van der Waals surface area contributed by atoms with Crippen molar-refractivity contribution in [3.8, 4) is 0 Å². The maximum Gasteiger partial charge on any atom is 0.317 e. The lowest BCUT2D eigenvalue weighted by molar-refractivity contribution is -0.153. The number of carboxylic acid groups (broad SMARTS) is 1. The highest BCUT2D eigenvalue weighted by Gasteiger charge is 2.44. The second-order valence-electron chi connectivity index (χ2n) is 5.09. The van der Waals surface area contributed by atoms with Gasteiger partial charge >= 0.3 is 12.0 Å². The Kier molecular flexibility index (Phi) is 3.78. The normalized spacial score (nSPS) is 16.5. The van der Waals surface area contributed by atoms with Crippen LogP contribution >= 0.6 is 0 Å². The Morgan fingerprint density at radius 2 is 2.26 bits per heavy atom. The van der Waals surface area contributed by atoms with Gasteiger partial charge in [0.2, 0.25) is 0 Å². The number of carbonyl (C=O) groups excluding carboxylic acids is 1. The summed E-state index contributed by atoms with van der Waals surface area (Å²) in [6.07, 6.45) is 5.30. The first-order valence-electron chi connectivity index (χ1n) is 6.27. The number of hydrogen-bond acceptors (Lipinski definition) is 3. The minimum Gasteiger partial charge on any atom is -0.481 e. The number of nitrogens with one attached hydrogen (secondary N) is 1. The van der Waals surface area contributed by atoms with Crippen LogP contribution in [-0.2, 0) is 11.3 Å². The number of hydrogen-bond donors (Lipinski definition) is 2. The molecule has 1 fully saturated rings. The maximum atomic E-state index is 11.9. The topological polar surface area (TPSA) is 82.8 Å². The highest BCUT2D eigenvalue weighted by molar-refractivity contribution is 5.78. The average Bonchev–Trinajstić information content (AvgIpc) is 2.79. The van der Waals surface area contributed by atoms with Crippen LogP contribution in [0.25, 0.3) is 0 Å². The summed E-state index contributed by atoms with van der Waals surface area (Å²) in [5, 5.41) is 11.9. The number of urea groups is 1. The van der Waals surface area contributed by atoms with E-state index in [9.17, 15) is 9.59 Å². The van der Waals surface area contributed by atoms with Gasteiger partial charge in [0.1, 0.15) is 0 Å².